The Hall–Kier alpha value is -1.05. The zero-order valence-corrected chi connectivity index (χ0v) is 12.6. The second kappa shape index (κ2) is 5.94. The minimum Gasteiger partial charge on any atom is -0.461 e. The largest absolute Gasteiger partial charge is 0.461 e. The molecule has 2 rings (SSSR count). The molecule has 0 N–H and O–H groups in total. The highest BCUT2D eigenvalue weighted by atomic mass is 16.5. The molecule has 0 saturated carbocycles. The Morgan fingerprint density at radius 3 is 2.89 bits per heavy atom. The van der Waals surface area contributed by atoms with Crippen LogP contribution < -0.4 is 0 Å². The first-order valence-corrected chi connectivity index (χ1v) is 7.63. The summed E-state index contributed by atoms with van der Waals surface area (Å²) in [7, 11) is 0. The van der Waals surface area contributed by atoms with Crippen molar-refractivity contribution < 1.29 is 9.53 Å². The van der Waals surface area contributed by atoms with Crippen LogP contribution in [0.3, 0.4) is 0 Å². The first-order valence-electron chi connectivity index (χ1n) is 7.63. The van der Waals surface area contributed by atoms with Gasteiger partial charge in [0.15, 0.2) is 0 Å². The Balaban J connectivity index is 2.12. The molecule has 0 aromatic carbocycles. The molecule has 0 saturated heterocycles. The van der Waals surface area contributed by atoms with E-state index in [0.29, 0.717) is 17.8 Å². The fourth-order valence-corrected chi connectivity index (χ4v) is 3.10. The van der Waals surface area contributed by atoms with Crippen molar-refractivity contribution in [2.24, 2.45) is 23.7 Å². The van der Waals surface area contributed by atoms with Crippen LogP contribution >= 0.6 is 0 Å². The van der Waals surface area contributed by atoms with Crippen molar-refractivity contribution in [3.05, 3.63) is 23.8 Å². The standard InChI is InChI=1S/C17H26O2/c1-5-11(2)17(18)19-15-8-6-7-14-10-9-12(3)13(4)16(14)15/h7,9-13,15-16H,5-6,8H2,1-4H3/t11?,12-,13+,15+,16?/m1/s1. The fraction of sp³-hybridized carbons (Fsp3) is 0.706. The number of hydrogen-bond donors (Lipinski definition) is 0. The molecule has 0 heterocycles. The molecule has 0 fully saturated rings. The number of rotatable bonds is 3. The lowest BCUT2D eigenvalue weighted by Crippen LogP contribution is -2.38. The lowest BCUT2D eigenvalue weighted by Gasteiger charge is -2.40. The topological polar surface area (TPSA) is 26.3 Å². The fourth-order valence-electron chi connectivity index (χ4n) is 3.10. The number of hydrogen-bond acceptors (Lipinski definition) is 2. The normalized spacial score (nSPS) is 35.3. The highest BCUT2D eigenvalue weighted by molar-refractivity contribution is 5.72. The molecule has 0 amide bonds. The molecule has 0 aromatic rings. The Kier molecular flexibility index (Phi) is 4.49. The second-order valence-corrected chi connectivity index (χ2v) is 6.17. The van der Waals surface area contributed by atoms with Crippen molar-refractivity contribution in [2.45, 2.75) is 53.1 Å². The number of carbonyl (C=O) groups is 1. The highest BCUT2D eigenvalue weighted by Gasteiger charge is 2.37. The third-order valence-corrected chi connectivity index (χ3v) is 4.89. The summed E-state index contributed by atoms with van der Waals surface area (Å²) in [6.07, 6.45) is 9.76. The predicted octanol–water partition coefficient (Wildman–Crippen LogP) is 4.12. The number of carbonyl (C=O) groups excluding carboxylic acids is 1. The molecule has 19 heavy (non-hydrogen) atoms. The van der Waals surface area contributed by atoms with E-state index in [-0.39, 0.29) is 18.0 Å². The first kappa shape index (κ1) is 14.4. The van der Waals surface area contributed by atoms with Crippen LogP contribution in [-0.4, -0.2) is 12.1 Å². The van der Waals surface area contributed by atoms with Gasteiger partial charge < -0.3 is 4.74 Å². The van der Waals surface area contributed by atoms with Crippen LogP contribution in [0.2, 0.25) is 0 Å². The molecule has 2 unspecified atom stereocenters. The van der Waals surface area contributed by atoms with Gasteiger partial charge in [-0.05, 0) is 36.7 Å². The van der Waals surface area contributed by atoms with Crippen LogP contribution in [0.1, 0.15) is 47.0 Å². The summed E-state index contributed by atoms with van der Waals surface area (Å²) in [5.41, 5.74) is 1.37. The Labute approximate surface area is 116 Å². The highest BCUT2D eigenvalue weighted by Crippen LogP contribution is 2.41. The van der Waals surface area contributed by atoms with E-state index in [1.807, 2.05) is 13.8 Å². The van der Waals surface area contributed by atoms with Gasteiger partial charge in [-0.25, -0.2) is 0 Å². The maximum atomic E-state index is 12.0. The SMILES string of the molecule is CCC(C)C(=O)O[C@H]1CCC=C2C=C[C@@H](C)[C@H](C)C21. The molecular formula is C17H26O2. The van der Waals surface area contributed by atoms with Gasteiger partial charge in [0.1, 0.15) is 6.10 Å². The average Bonchev–Trinajstić information content (AvgIpc) is 2.42. The van der Waals surface area contributed by atoms with Gasteiger partial charge in [0.05, 0.1) is 5.92 Å². The second-order valence-electron chi connectivity index (χ2n) is 6.17. The third-order valence-electron chi connectivity index (χ3n) is 4.89. The van der Waals surface area contributed by atoms with Gasteiger partial charge in [-0.1, -0.05) is 45.9 Å². The van der Waals surface area contributed by atoms with Gasteiger partial charge in [0, 0.05) is 5.92 Å². The molecule has 2 aliphatic carbocycles. The predicted molar refractivity (Wildman–Crippen MR) is 77.6 cm³/mol. The van der Waals surface area contributed by atoms with Crippen molar-refractivity contribution >= 4 is 5.97 Å². The lowest BCUT2D eigenvalue weighted by atomic mass is 9.69. The summed E-state index contributed by atoms with van der Waals surface area (Å²) >= 11 is 0. The van der Waals surface area contributed by atoms with Gasteiger partial charge in [-0.3, -0.25) is 4.79 Å². The summed E-state index contributed by atoms with van der Waals surface area (Å²) in [5.74, 6) is 1.49. The quantitative estimate of drug-likeness (QED) is 0.715. The van der Waals surface area contributed by atoms with Crippen LogP contribution in [0.5, 0.6) is 0 Å². The average molecular weight is 262 g/mol. The minimum absolute atomic E-state index is 0.0150. The maximum absolute atomic E-state index is 12.0. The number of allylic oxidation sites excluding steroid dienone is 3. The smallest absolute Gasteiger partial charge is 0.308 e. The van der Waals surface area contributed by atoms with E-state index < -0.39 is 0 Å². The summed E-state index contributed by atoms with van der Waals surface area (Å²) in [6, 6.07) is 0. The summed E-state index contributed by atoms with van der Waals surface area (Å²) in [6.45, 7) is 8.52. The van der Waals surface area contributed by atoms with Crippen molar-refractivity contribution in [2.75, 3.05) is 0 Å². The van der Waals surface area contributed by atoms with E-state index in [1.54, 1.807) is 0 Å². The van der Waals surface area contributed by atoms with E-state index in [1.165, 1.54) is 5.57 Å². The van der Waals surface area contributed by atoms with Gasteiger partial charge >= 0.3 is 5.97 Å². The number of ether oxygens (including phenoxy) is 1. The van der Waals surface area contributed by atoms with Crippen molar-refractivity contribution in [1.29, 1.82) is 0 Å². The number of fused-ring (bicyclic) bond motifs is 1. The summed E-state index contributed by atoms with van der Waals surface area (Å²) in [4.78, 5) is 12.0. The summed E-state index contributed by atoms with van der Waals surface area (Å²) < 4.78 is 5.82. The van der Waals surface area contributed by atoms with Crippen LogP contribution in [-0.2, 0) is 9.53 Å². The Bertz CT molecular complexity index is 394. The van der Waals surface area contributed by atoms with Crippen molar-refractivity contribution in [1.82, 2.24) is 0 Å². The molecule has 2 aliphatic rings. The van der Waals surface area contributed by atoms with Crippen LogP contribution in [0.25, 0.3) is 0 Å². The van der Waals surface area contributed by atoms with Gasteiger partial charge in [0.2, 0.25) is 0 Å². The maximum Gasteiger partial charge on any atom is 0.308 e. The van der Waals surface area contributed by atoms with E-state index in [2.05, 4.69) is 32.1 Å². The van der Waals surface area contributed by atoms with Gasteiger partial charge in [-0.2, -0.15) is 0 Å². The Morgan fingerprint density at radius 2 is 2.21 bits per heavy atom. The van der Waals surface area contributed by atoms with Crippen LogP contribution in [0.4, 0.5) is 0 Å². The molecule has 0 aliphatic heterocycles. The van der Waals surface area contributed by atoms with E-state index >= 15 is 0 Å². The first-order chi connectivity index (χ1) is 9.04. The monoisotopic (exact) mass is 262 g/mol. The van der Waals surface area contributed by atoms with Crippen LogP contribution in [0.15, 0.2) is 23.8 Å². The molecule has 106 valence electrons. The van der Waals surface area contributed by atoms with E-state index in [4.69, 9.17) is 4.74 Å². The molecule has 0 spiro atoms. The molecule has 0 bridgehead atoms. The molecule has 5 atom stereocenters. The van der Waals surface area contributed by atoms with Gasteiger partial charge in [0.25, 0.3) is 0 Å². The number of esters is 1. The van der Waals surface area contributed by atoms with E-state index in [0.717, 1.165) is 19.3 Å². The summed E-state index contributed by atoms with van der Waals surface area (Å²) in [5, 5.41) is 0. The van der Waals surface area contributed by atoms with Gasteiger partial charge in [-0.15, -0.1) is 0 Å². The molecule has 0 radical (unpaired) electrons. The zero-order valence-electron chi connectivity index (χ0n) is 12.6. The zero-order chi connectivity index (χ0) is 14.0. The third kappa shape index (κ3) is 2.93. The van der Waals surface area contributed by atoms with Crippen molar-refractivity contribution in [3.63, 3.8) is 0 Å². The molecule has 2 nitrogen and oxygen atoms in total. The van der Waals surface area contributed by atoms with Crippen LogP contribution in [0, 0.1) is 23.7 Å². The van der Waals surface area contributed by atoms with E-state index in [9.17, 15) is 4.79 Å². The lowest BCUT2D eigenvalue weighted by molar-refractivity contribution is -0.157. The van der Waals surface area contributed by atoms with Crippen molar-refractivity contribution in [3.8, 4) is 0 Å². The minimum atomic E-state index is -0.0249. The molecule has 0 aromatic heterocycles. The Morgan fingerprint density at radius 1 is 1.47 bits per heavy atom. The molecule has 2 heteroatoms. The molecular weight excluding hydrogens is 236 g/mol.